The largest absolute Gasteiger partial charge is 0.423 e. The van der Waals surface area contributed by atoms with Crippen LogP contribution in [0.3, 0.4) is 0 Å². The third-order valence-electron chi connectivity index (χ3n) is 2.92. The maximum atomic E-state index is 11.6. The molecule has 0 atom stereocenters. The second-order valence-corrected chi connectivity index (χ2v) is 5.26. The van der Waals surface area contributed by atoms with Crippen molar-refractivity contribution in [3.05, 3.63) is 56.6 Å². The predicted molar refractivity (Wildman–Crippen MR) is 77.2 cm³/mol. The van der Waals surface area contributed by atoms with E-state index in [-0.39, 0.29) is 5.63 Å². The van der Waals surface area contributed by atoms with E-state index in [2.05, 4.69) is 26.2 Å². The number of rotatable bonds is 3. The summed E-state index contributed by atoms with van der Waals surface area (Å²) in [6.45, 7) is 0.779. The molecule has 0 amide bonds. The average molecular weight is 335 g/mol. The molecule has 2 aromatic heterocycles. The second-order valence-electron chi connectivity index (χ2n) is 4.34. The van der Waals surface area contributed by atoms with E-state index in [1.165, 1.54) is 6.07 Å². The molecule has 2 heterocycles. The first-order valence-corrected chi connectivity index (χ1v) is 6.76. The van der Waals surface area contributed by atoms with Crippen LogP contribution >= 0.6 is 15.9 Å². The first-order chi connectivity index (χ1) is 9.65. The molecule has 0 unspecified atom stereocenters. The standard InChI is InChI=1S/C13H11BrN4O2/c14-9-1-2-11-8(3-13(19)20-12(11)4-9)6-18-7-10(5-15)16-17-18/h1-4,7H,5-6,15H2. The van der Waals surface area contributed by atoms with Crippen LogP contribution < -0.4 is 11.4 Å². The zero-order valence-electron chi connectivity index (χ0n) is 10.4. The lowest BCUT2D eigenvalue weighted by atomic mass is 10.1. The van der Waals surface area contributed by atoms with Crippen LogP contribution in [0, 0.1) is 0 Å². The summed E-state index contributed by atoms with van der Waals surface area (Å²) in [5, 5.41) is 8.78. The van der Waals surface area contributed by atoms with Crippen molar-refractivity contribution in [1.82, 2.24) is 15.0 Å². The molecule has 0 fully saturated rings. The second kappa shape index (κ2) is 5.18. The summed E-state index contributed by atoms with van der Waals surface area (Å²) in [7, 11) is 0. The molecular formula is C13H11BrN4O2. The van der Waals surface area contributed by atoms with Gasteiger partial charge in [-0.25, -0.2) is 9.48 Å². The van der Waals surface area contributed by atoms with Gasteiger partial charge in [-0.1, -0.05) is 21.1 Å². The Balaban J connectivity index is 2.08. The summed E-state index contributed by atoms with van der Waals surface area (Å²) in [5.74, 6) is 0. The Morgan fingerprint density at radius 2 is 2.20 bits per heavy atom. The minimum Gasteiger partial charge on any atom is -0.423 e. The van der Waals surface area contributed by atoms with Gasteiger partial charge in [0.15, 0.2) is 0 Å². The zero-order chi connectivity index (χ0) is 14.1. The minimum atomic E-state index is -0.384. The minimum absolute atomic E-state index is 0.338. The first-order valence-electron chi connectivity index (χ1n) is 5.97. The van der Waals surface area contributed by atoms with Crippen LogP contribution in [0.25, 0.3) is 11.0 Å². The number of benzene rings is 1. The van der Waals surface area contributed by atoms with Crippen molar-refractivity contribution in [3.63, 3.8) is 0 Å². The van der Waals surface area contributed by atoms with E-state index >= 15 is 0 Å². The third kappa shape index (κ3) is 2.50. The van der Waals surface area contributed by atoms with Gasteiger partial charge in [0, 0.05) is 22.5 Å². The molecule has 0 radical (unpaired) electrons. The van der Waals surface area contributed by atoms with Crippen LogP contribution in [0.2, 0.25) is 0 Å². The van der Waals surface area contributed by atoms with Gasteiger partial charge in [0.2, 0.25) is 0 Å². The molecule has 0 aliphatic carbocycles. The lowest BCUT2D eigenvalue weighted by Crippen LogP contribution is -2.06. The van der Waals surface area contributed by atoms with Crippen LogP contribution in [0.4, 0.5) is 0 Å². The highest BCUT2D eigenvalue weighted by Gasteiger charge is 2.08. The quantitative estimate of drug-likeness (QED) is 0.736. The summed E-state index contributed by atoms with van der Waals surface area (Å²) in [6.07, 6.45) is 1.76. The fraction of sp³-hybridized carbons (Fsp3) is 0.154. The van der Waals surface area contributed by atoms with Gasteiger partial charge in [-0.2, -0.15) is 0 Å². The van der Waals surface area contributed by atoms with Gasteiger partial charge in [0.25, 0.3) is 0 Å². The van der Waals surface area contributed by atoms with Crippen molar-refractivity contribution < 1.29 is 4.42 Å². The van der Waals surface area contributed by atoms with Gasteiger partial charge in [0.1, 0.15) is 5.58 Å². The van der Waals surface area contributed by atoms with Gasteiger partial charge < -0.3 is 10.2 Å². The lowest BCUT2D eigenvalue weighted by Gasteiger charge is -2.05. The molecule has 102 valence electrons. The molecule has 0 spiro atoms. The molecule has 0 aliphatic rings. The van der Waals surface area contributed by atoms with Gasteiger partial charge in [-0.15, -0.1) is 5.10 Å². The Bertz CT molecular complexity index is 825. The number of fused-ring (bicyclic) bond motifs is 1. The first kappa shape index (κ1) is 13.0. The molecular weight excluding hydrogens is 324 g/mol. The van der Waals surface area contributed by atoms with Gasteiger partial charge in [-0.05, 0) is 23.8 Å². The fourth-order valence-electron chi connectivity index (χ4n) is 2.02. The van der Waals surface area contributed by atoms with Crippen LogP contribution in [-0.4, -0.2) is 15.0 Å². The van der Waals surface area contributed by atoms with Crippen LogP contribution in [0.1, 0.15) is 11.3 Å². The molecule has 2 N–H and O–H groups in total. The average Bonchev–Trinajstić information content (AvgIpc) is 2.85. The molecule has 6 nitrogen and oxygen atoms in total. The molecule has 20 heavy (non-hydrogen) atoms. The molecule has 3 aromatic rings. The maximum Gasteiger partial charge on any atom is 0.336 e. The predicted octanol–water partition coefficient (Wildman–Crippen LogP) is 1.65. The van der Waals surface area contributed by atoms with E-state index < -0.39 is 0 Å². The van der Waals surface area contributed by atoms with Crippen molar-refractivity contribution in [2.75, 3.05) is 0 Å². The Kier molecular flexibility index (Phi) is 3.37. The number of hydrogen-bond donors (Lipinski definition) is 1. The maximum absolute atomic E-state index is 11.6. The summed E-state index contributed by atoms with van der Waals surface area (Å²) in [5.41, 5.74) is 7.20. The van der Waals surface area contributed by atoms with Gasteiger partial charge in [-0.3, -0.25) is 0 Å². The van der Waals surface area contributed by atoms with E-state index in [9.17, 15) is 4.79 Å². The Morgan fingerprint density at radius 3 is 2.95 bits per heavy atom. The van der Waals surface area contributed by atoms with E-state index in [1.807, 2.05) is 12.1 Å². The summed E-state index contributed by atoms with van der Waals surface area (Å²) in [4.78, 5) is 11.6. The van der Waals surface area contributed by atoms with Crippen molar-refractivity contribution in [3.8, 4) is 0 Å². The molecule has 0 saturated carbocycles. The summed E-state index contributed by atoms with van der Waals surface area (Å²) >= 11 is 3.36. The highest BCUT2D eigenvalue weighted by atomic mass is 79.9. The van der Waals surface area contributed by atoms with Crippen molar-refractivity contribution in [2.45, 2.75) is 13.1 Å². The van der Waals surface area contributed by atoms with E-state index in [0.717, 1.165) is 15.4 Å². The summed E-state index contributed by atoms with van der Waals surface area (Å²) < 4.78 is 7.71. The number of aromatic nitrogens is 3. The molecule has 0 bridgehead atoms. The molecule has 0 aliphatic heterocycles. The topological polar surface area (TPSA) is 86.9 Å². The SMILES string of the molecule is NCc1cn(Cc2cc(=O)oc3cc(Br)ccc23)nn1. The van der Waals surface area contributed by atoms with Crippen molar-refractivity contribution in [2.24, 2.45) is 5.73 Å². The Labute approximate surface area is 122 Å². The Morgan fingerprint density at radius 1 is 1.35 bits per heavy atom. The zero-order valence-corrected chi connectivity index (χ0v) is 12.0. The fourth-order valence-corrected chi connectivity index (χ4v) is 2.36. The number of nitrogens with zero attached hydrogens (tertiary/aromatic N) is 3. The lowest BCUT2D eigenvalue weighted by molar-refractivity contribution is 0.555. The highest BCUT2D eigenvalue weighted by Crippen LogP contribution is 2.22. The number of halogens is 1. The monoisotopic (exact) mass is 334 g/mol. The van der Waals surface area contributed by atoms with E-state index in [0.29, 0.717) is 24.4 Å². The normalized spacial score (nSPS) is 11.1. The molecule has 3 rings (SSSR count). The van der Waals surface area contributed by atoms with Crippen LogP contribution in [0.15, 0.2) is 44.1 Å². The van der Waals surface area contributed by atoms with Crippen molar-refractivity contribution >= 4 is 26.9 Å². The van der Waals surface area contributed by atoms with Crippen molar-refractivity contribution in [1.29, 1.82) is 0 Å². The smallest absolute Gasteiger partial charge is 0.336 e. The molecule has 7 heteroatoms. The van der Waals surface area contributed by atoms with E-state index in [4.69, 9.17) is 10.2 Å². The third-order valence-corrected chi connectivity index (χ3v) is 3.41. The van der Waals surface area contributed by atoms with Crippen LogP contribution in [0.5, 0.6) is 0 Å². The molecule has 1 aromatic carbocycles. The van der Waals surface area contributed by atoms with E-state index in [1.54, 1.807) is 16.9 Å². The van der Waals surface area contributed by atoms with Gasteiger partial charge in [0.05, 0.1) is 18.4 Å². The highest BCUT2D eigenvalue weighted by molar-refractivity contribution is 9.10. The number of nitrogens with two attached hydrogens (primary N) is 1. The Hall–Kier alpha value is -1.99. The molecule has 0 saturated heterocycles. The number of hydrogen-bond acceptors (Lipinski definition) is 5. The van der Waals surface area contributed by atoms with Crippen LogP contribution in [-0.2, 0) is 13.1 Å². The van der Waals surface area contributed by atoms with Gasteiger partial charge >= 0.3 is 5.63 Å². The summed E-state index contributed by atoms with van der Waals surface area (Å²) in [6, 6.07) is 7.05.